The average Bonchev–Trinajstić information content (AvgIpc) is 2.03. The summed E-state index contributed by atoms with van der Waals surface area (Å²) in [4.78, 5) is 24.1. The van der Waals surface area contributed by atoms with Gasteiger partial charge in [0.1, 0.15) is 0 Å². The molecule has 13 heavy (non-hydrogen) atoms. The van der Waals surface area contributed by atoms with Crippen LogP contribution in [0, 0.1) is 10.1 Å². The number of aromatic nitrogens is 1. The third-order valence-electron chi connectivity index (χ3n) is 1.32. The summed E-state index contributed by atoms with van der Waals surface area (Å²) in [5, 5.41) is 10.3. The first kappa shape index (κ1) is 9.79. The molecule has 1 aromatic heterocycles. The van der Waals surface area contributed by atoms with Gasteiger partial charge in [-0.2, -0.15) is 0 Å². The number of hydrogen-bond acceptors (Lipinski definition) is 4. The summed E-state index contributed by atoms with van der Waals surface area (Å²) in [6.07, 6.45) is 0. The zero-order valence-electron chi connectivity index (χ0n) is 6.65. The Morgan fingerprint density at radius 1 is 1.62 bits per heavy atom. The van der Waals surface area contributed by atoms with Crippen molar-refractivity contribution in [3.05, 3.63) is 32.4 Å². The third-order valence-corrected chi connectivity index (χ3v) is 1.78. The van der Waals surface area contributed by atoms with E-state index in [2.05, 4.69) is 20.9 Å². The van der Waals surface area contributed by atoms with Gasteiger partial charge in [0.15, 0.2) is 0 Å². The minimum atomic E-state index is -0.642. The molecule has 1 aromatic rings. The number of ketones is 1. The summed E-state index contributed by atoms with van der Waals surface area (Å²) < 4.78 is 0.472. The molecular weight excluding hydrogens is 240 g/mol. The second kappa shape index (κ2) is 3.61. The number of nitro groups is 1. The molecule has 0 aliphatic carbocycles. The molecule has 0 bridgehead atoms. The van der Waals surface area contributed by atoms with Gasteiger partial charge in [0.2, 0.25) is 11.5 Å². The second-order valence-corrected chi connectivity index (χ2v) is 3.26. The van der Waals surface area contributed by atoms with E-state index in [1.165, 1.54) is 19.1 Å². The first-order valence-corrected chi connectivity index (χ1v) is 4.13. The smallest absolute Gasteiger partial charge is 0.358 e. The van der Waals surface area contributed by atoms with Gasteiger partial charge in [-0.15, -0.1) is 0 Å². The van der Waals surface area contributed by atoms with Crippen LogP contribution in [0.2, 0.25) is 0 Å². The van der Waals surface area contributed by atoms with Gasteiger partial charge in [0, 0.05) is 17.5 Å². The lowest BCUT2D eigenvalue weighted by Crippen LogP contribution is -2.00. The van der Waals surface area contributed by atoms with E-state index in [1.807, 2.05) is 0 Å². The molecule has 6 heteroatoms. The number of hydrogen-bond donors (Lipinski definition) is 0. The van der Waals surface area contributed by atoms with Crippen molar-refractivity contribution in [3.63, 3.8) is 0 Å². The lowest BCUT2D eigenvalue weighted by atomic mass is 10.3. The van der Waals surface area contributed by atoms with Crippen molar-refractivity contribution >= 4 is 27.5 Å². The maximum Gasteiger partial charge on any atom is 0.365 e. The van der Waals surface area contributed by atoms with Gasteiger partial charge in [-0.1, -0.05) is 15.9 Å². The number of carbonyl (C=O) groups excluding carboxylic acids is 1. The van der Waals surface area contributed by atoms with Crippen LogP contribution in [0.4, 0.5) is 5.82 Å². The molecule has 0 spiro atoms. The number of nitrogens with zero attached hydrogens (tertiary/aromatic N) is 2. The van der Waals surface area contributed by atoms with Crippen molar-refractivity contribution in [2.45, 2.75) is 6.92 Å². The standard InChI is InChI=1S/C7H5BrN2O3/c1-4(11)6-2-5(8)3-7(9-6)10(12)13/h2-3H,1H3. The predicted molar refractivity (Wildman–Crippen MR) is 48.6 cm³/mol. The quantitative estimate of drug-likeness (QED) is 0.453. The minimum absolute atomic E-state index is 0.0843. The van der Waals surface area contributed by atoms with E-state index in [0.29, 0.717) is 4.47 Å². The summed E-state index contributed by atoms with van der Waals surface area (Å²) in [6, 6.07) is 2.68. The molecule has 0 atom stereocenters. The molecule has 0 N–H and O–H groups in total. The van der Waals surface area contributed by atoms with E-state index in [1.54, 1.807) is 0 Å². The van der Waals surface area contributed by atoms with Gasteiger partial charge in [-0.05, 0) is 9.91 Å². The van der Waals surface area contributed by atoms with Crippen molar-refractivity contribution in [2.24, 2.45) is 0 Å². The number of halogens is 1. The second-order valence-electron chi connectivity index (χ2n) is 2.34. The van der Waals surface area contributed by atoms with Gasteiger partial charge < -0.3 is 10.1 Å². The molecule has 5 nitrogen and oxygen atoms in total. The van der Waals surface area contributed by atoms with Crippen molar-refractivity contribution < 1.29 is 9.72 Å². The van der Waals surface area contributed by atoms with Crippen LogP contribution in [0.15, 0.2) is 16.6 Å². The third kappa shape index (κ3) is 2.32. The van der Waals surface area contributed by atoms with Gasteiger partial charge in [0.05, 0.1) is 6.07 Å². The normalized spacial score (nSPS) is 9.69. The van der Waals surface area contributed by atoms with E-state index in [0.717, 1.165) is 0 Å². The van der Waals surface area contributed by atoms with E-state index >= 15 is 0 Å². The van der Waals surface area contributed by atoms with E-state index in [9.17, 15) is 14.9 Å². The summed E-state index contributed by atoms with van der Waals surface area (Å²) in [6.45, 7) is 1.30. The van der Waals surface area contributed by atoms with Gasteiger partial charge in [-0.25, -0.2) is 0 Å². The van der Waals surface area contributed by atoms with Crippen molar-refractivity contribution in [3.8, 4) is 0 Å². The molecular formula is C7H5BrN2O3. The molecule has 0 fully saturated rings. The predicted octanol–water partition coefficient (Wildman–Crippen LogP) is 1.95. The Morgan fingerprint density at radius 2 is 2.23 bits per heavy atom. The van der Waals surface area contributed by atoms with E-state index in [4.69, 9.17) is 0 Å². The van der Waals surface area contributed by atoms with E-state index < -0.39 is 4.92 Å². The molecule has 68 valence electrons. The fourth-order valence-electron chi connectivity index (χ4n) is 0.757. The Kier molecular flexibility index (Phi) is 2.72. The SMILES string of the molecule is CC(=O)c1cc(Br)cc([N+](=O)[O-])n1. The maximum atomic E-state index is 10.9. The topological polar surface area (TPSA) is 73.1 Å². The van der Waals surface area contributed by atoms with Gasteiger partial charge in [0.25, 0.3) is 0 Å². The van der Waals surface area contributed by atoms with Gasteiger partial charge >= 0.3 is 5.82 Å². The number of carbonyl (C=O) groups is 1. The first-order chi connectivity index (χ1) is 6.00. The molecule has 1 heterocycles. The largest absolute Gasteiger partial charge is 0.365 e. The molecule has 1 rings (SSSR count). The minimum Gasteiger partial charge on any atom is -0.358 e. The molecule has 0 unspecified atom stereocenters. The molecule has 0 aliphatic heterocycles. The zero-order valence-corrected chi connectivity index (χ0v) is 8.24. The Labute approximate surface area is 82.1 Å². The fraction of sp³-hybridized carbons (Fsp3) is 0.143. The lowest BCUT2D eigenvalue weighted by Gasteiger charge is -1.94. The molecule has 0 saturated heterocycles. The van der Waals surface area contributed by atoms with Crippen molar-refractivity contribution in [1.29, 1.82) is 0 Å². The van der Waals surface area contributed by atoms with E-state index in [-0.39, 0.29) is 17.3 Å². The van der Waals surface area contributed by atoms with Crippen molar-refractivity contribution in [1.82, 2.24) is 4.98 Å². The Hall–Kier alpha value is -1.30. The maximum absolute atomic E-state index is 10.9. The van der Waals surface area contributed by atoms with Crippen LogP contribution in [0.25, 0.3) is 0 Å². The molecule has 0 radical (unpaired) electrons. The molecule has 0 aromatic carbocycles. The summed E-state index contributed by atoms with van der Waals surface area (Å²) in [5.41, 5.74) is 0.0843. The van der Waals surface area contributed by atoms with Crippen LogP contribution >= 0.6 is 15.9 Å². The summed E-state index contributed by atoms with van der Waals surface area (Å²) in [5.74, 6) is -0.635. The van der Waals surface area contributed by atoms with Crippen LogP contribution in [0.1, 0.15) is 17.4 Å². The lowest BCUT2D eigenvalue weighted by molar-refractivity contribution is -0.389. The van der Waals surface area contributed by atoms with Crippen LogP contribution in [-0.4, -0.2) is 15.7 Å². The molecule has 0 aliphatic rings. The van der Waals surface area contributed by atoms with Crippen molar-refractivity contribution in [2.75, 3.05) is 0 Å². The van der Waals surface area contributed by atoms with Crippen LogP contribution in [0.3, 0.4) is 0 Å². The highest BCUT2D eigenvalue weighted by atomic mass is 79.9. The summed E-state index contributed by atoms with van der Waals surface area (Å²) in [7, 11) is 0. The Balaban J connectivity index is 3.26. The van der Waals surface area contributed by atoms with Crippen LogP contribution in [0.5, 0.6) is 0 Å². The van der Waals surface area contributed by atoms with Crippen LogP contribution < -0.4 is 0 Å². The molecule has 0 saturated carbocycles. The first-order valence-electron chi connectivity index (χ1n) is 3.33. The van der Waals surface area contributed by atoms with Gasteiger partial charge in [-0.3, -0.25) is 4.79 Å². The number of rotatable bonds is 2. The fourth-order valence-corrected chi connectivity index (χ4v) is 1.18. The highest BCUT2D eigenvalue weighted by Gasteiger charge is 2.14. The summed E-state index contributed by atoms with van der Waals surface area (Å²) >= 11 is 3.05. The Bertz CT molecular complexity index is 346. The number of pyridine rings is 1. The zero-order chi connectivity index (χ0) is 10.0. The number of Topliss-reactive ketones (excluding diaryl/α,β-unsaturated/α-hetero) is 1. The van der Waals surface area contributed by atoms with Crippen LogP contribution in [-0.2, 0) is 0 Å². The Morgan fingerprint density at radius 3 is 2.69 bits per heavy atom. The molecule has 0 amide bonds. The highest BCUT2D eigenvalue weighted by Crippen LogP contribution is 2.17. The monoisotopic (exact) mass is 244 g/mol. The highest BCUT2D eigenvalue weighted by molar-refractivity contribution is 9.10. The average molecular weight is 245 g/mol.